The molecule has 0 aliphatic rings. The van der Waals surface area contributed by atoms with Crippen LogP contribution in [0.3, 0.4) is 0 Å². The van der Waals surface area contributed by atoms with Gasteiger partial charge in [0.15, 0.2) is 0 Å². The SMILES string of the molecule is O=C(NNC(=O)c1ccc(C(=O)NNC(=O)c2ccc(OCc3ccccc3)cc2)cc1)c1ccc(OCc2ccccc2)cc1. The van der Waals surface area contributed by atoms with Crippen LogP contribution in [0.25, 0.3) is 0 Å². The van der Waals surface area contributed by atoms with Crippen LogP contribution >= 0.6 is 0 Å². The fraction of sp³-hybridized carbons (Fsp3) is 0.0556. The summed E-state index contributed by atoms with van der Waals surface area (Å²) in [6.45, 7) is 0.802. The molecule has 0 saturated carbocycles. The van der Waals surface area contributed by atoms with Crippen LogP contribution in [0.15, 0.2) is 133 Å². The Bertz CT molecular complexity index is 1640. The molecule has 4 amide bonds. The zero-order valence-corrected chi connectivity index (χ0v) is 24.6. The third-order valence-electron chi connectivity index (χ3n) is 6.72. The Morgan fingerprint density at radius 3 is 0.913 bits per heavy atom. The smallest absolute Gasteiger partial charge is 0.269 e. The monoisotopic (exact) mass is 614 g/mol. The maximum atomic E-state index is 12.5. The second-order valence-electron chi connectivity index (χ2n) is 9.99. The maximum Gasteiger partial charge on any atom is 0.269 e. The maximum absolute atomic E-state index is 12.5. The molecule has 5 rings (SSSR count). The van der Waals surface area contributed by atoms with Crippen molar-refractivity contribution >= 4 is 23.6 Å². The van der Waals surface area contributed by atoms with Crippen molar-refractivity contribution < 1.29 is 28.7 Å². The number of carbonyl (C=O) groups excluding carboxylic acids is 4. The van der Waals surface area contributed by atoms with Gasteiger partial charge in [0.2, 0.25) is 0 Å². The molecule has 0 fully saturated rings. The molecule has 0 heterocycles. The Hall–Kier alpha value is -6.42. The summed E-state index contributed by atoms with van der Waals surface area (Å²) in [6, 6.07) is 38.1. The van der Waals surface area contributed by atoms with Crippen molar-refractivity contribution in [2.24, 2.45) is 0 Å². The summed E-state index contributed by atoms with van der Waals surface area (Å²) in [4.78, 5) is 50.0. The van der Waals surface area contributed by atoms with Gasteiger partial charge in [0.05, 0.1) is 0 Å². The van der Waals surface area contributed by atoms with Crippen LogP contribution in [0, 0.1) is 0 Å². The summed E-state index contributed by atoms with van der Waals surface area (Å²) in [5.41, 5.74) is 12.5. The van der Waals surface area contributed by atoms with Crippen LogP contribution < -0.4 is 31.2 Å². The molecule has 46 heavy (non-hydrogen) atoms. The fourth-order valence-electron chi connectivity index (χ4n) is 4.18. The first-order valence-corrected chi connectivity index (χ1v) is 14.3. The molecule has 5 aromatic rings. The highest BCUT2D eigenvalue weighted by molar-refractivity contribution is 6.01. The number of nitrogens with one attached hydrogen (secondary N) is 4. The highest BCUT2D eigenvalue weighted by atomic mass is 16.5. The van der Waals surface area contributed by atoms with E-state index in [1.165, 1.54) is 24.3 Å². The van der Waals surface area contributed by atoms with Crippen molar-refractivity contribution in [2.75, 3.05) is 0 Å². The fourth-order valence-corrected chi connectivity index (χ4v) is 4.18. The van der Waals surface area contributed by atoms with Crippen LogP contribution in [0.1, 0.15) is 52.6 Å². The number of ether oxygens (including phenoxy) is 2. The van der Waals surface area contributed by atoms with Gasteiger partial charge in [-0.3, -0.25) is 40.9 Å². The van der Waals surface area contributed by atoms with Crippen molar-refractivity contribution in [2.45, 2.75) is 13.2 Å². The first kappa shape index (κ1) is 31.0. The molecule has 0 bridgehead atoms. The zero-order valence-electron chi connectivity index (χ0n) is 24.6. The van der Waals surface area contributed by atoms with Crippen molar-refractivity contribution in [3.8, 4) is 11.5 Å². The highest BCUT2D eigenvalue weighted by Gasteiger charge is 2.13. The number of amides is 4. The molecule has 0 atom stereocenters. The largest absolute Gasteiger partial charge is 0.489 e. The lowest BCUT2D eigenvalue weighted by Crippen LogP contribution is -2.42. The number of benzene rings is 5. The van der Waals surface area contributed by atoms with Crippen molar-refractivity contribution in [1.29, 1.82) is 0 Å². The molecule has 0 radical (unpaired) electrons. The molecule has 10 nitrogen and oxygen atoms in total. The van der Waals surface area contributed by atoms with Crippen LogP contribution in [0.2, 0.25) is 0 Å². The average Bonchev–Trinajstić information content (AvgIpc) is 3.12. The quantitative estimate of drug-likeness (QED) is 0.164. The molecule has 0 saturated heterocycles. The molecular weight excluding hydrogens is 584 g/mol. The van der Waals surface area contributed by atoms with E-state index in [1.54, 1.807) is 48.5 Å². The van der Waals surface area contributed by atoms with Gasteiger partial charge in [-0.05, 0) is 83.9 Å². The van der Waals surface area contributed by atoms with Gasteiger partial charge >= 0.3 is 0 Å². The summed E-state index contributed by atoms with van der Waals surface area (Å²) in [6.07, 6.45) is 0. The molecule has 0 aliphatic carbocycles. The predicted octanol–water partition coefficient (Wildman–Crippen LogP) is 4.99. The van der Waals surface area contributed by atoms with Gasteiger partial charge in [-0.25, -0.2) is 0 Å². The average molecular weight is 615 g/mol. The van der Waals surface area contributed by atoms with E-state index in [-0.39, 0.29) is 11.1 Å². The number of hydrogen-bond acceptors (Lipinski definition) is 6. The molecule has 10 heteroatoms. The van der Waals surface area contributed by atoms with Gasteiger partial charge in [0.25, 0.3) is 23.6 Å². The van der Waals surface area contributed by atoms with Crippen molar-refractivity contribution in [3.63, 3.8) is 0 Å². The third kappa shape index (κ3) is 8.80. The van der Waals surface area contributed by atoms with Crippen molar-refractivity contribution in [3.05, 3.63) is 167 Å². The molecule has 0 unspecified atom stereocenters. The van der Waals surface area contributed by atoms with E-state index in [0.29, 0.717) is 35.8 Å². The van der Waals surface area contributed by atoms with Crippen LogP contribution in [-0.4, -0.2) is 23.6 Å². The summed E-state index contributed by atoms with van der Waals surface area (Å²) in [5, 5.41) is 0. The number of carbonyl (C=O) groups is 4. The van der Waals surface area contributed by atoms with E-state index >= 15 is 0 Å². The van der Waals surface area contributed by atoms with E-state index in [9.17, 15) is 19.2 Å². The summed E-state index contributed by atoms with van der Waals surface area (Å²) in [7, 11) is 0. The summed E-state index contributed by atoms with van der Waals surface area (Å²) < 4.78 is 11.4. The molecule has 0 aliphatic heterocycles. The van der Waals surface area contributed by atoms with Crippen LogP contribution in [0.4, 0.5) is 0 Å². The minimum absolute atomic E-state index is 0.208. The lowest BCUT2D eigenvalue weighted by atomic mass is 10.1. The molecule has 0 spiro atoms. The number of hydrogen-bond donors (Lipinski definition) is 4. The first-order chi connectivity index (χ1) is 22.4. The topological polar surface area (TPSA) is 135 Å². The Morgan fingerprint density at radius 2 is 0.630 bits per heavy atom. The van der Waals surface area contributed by atoms with Gasteiger partial charge in [-0.2, -0.15) is 0 Å². The minimum Gasteiger partial charge on any atom is -0.489 e. The summed E-state index contributed by atoms with van der Waals surface area (Å²) >= 11 is 0. The van der Waals surface area contributed by atoms with Gasteiger partial charge in [-0.1, -0.05) is 60.7 Å². The summed E-state index contributed by atoms with van der Waals surface area (Å²) in [5.74, 6) is -0.965. The first-order valence-electron chi connectivity index (χ1n) is 14.3. The van der Waals surface area contributed by atoms with E-state index in [0.717, 1.165) is 11.1 Å². The van der Waals surface area contributed by atoms with E-state index in [2.05, 4.69) is 21.7 Å². The van der Waals surface area contributed by atoms with Gasteiger partial charge in [-0.15, -0.1) is 0 Å². The van der Waals surface area contributed by atoms with Gasteiger partial charge in [0, 0.05) is 22.3 Å². The van der Waals surface area contributed by atoms with Crippen LogP contribution in [-0.2, 0) is 13.2 Å². The third-order valence-corrected chi connectivity index (χ3v) is 6.72. The highest BCUT2D eigenvalue weighted by Crippen LogP contribution is 2.16. The van der Waals surface area contributed by atoms with E-state index < -0.39 is 23.6 Å². The molecule has 4 N–H and O–H groups in total. The lowest BCUT2D eigenvalue weighted by Gasteiger charge is -2.10. The molecule has 5 aromatic carbocycles. The molecule has 0 aromatic heterocycles. The number of rotatable bonds is 10. The standard InChI is InChI=1S/C36H30N4O6/c41-33(37-39-35(43)29-15-19-31(20-16-29)45-23-25-7-3-1-4-8-25)27-11-13-28(14-12-27)34(42)38-40-36(44)30-17-21-32(22-18-30)46-24-26-9-5-2-6-10-26/h1-22H,23-24H2,(H,37,41)(H,38,42)(H,39,43)(H,40,44). The predicted molar refractivity (Wildman–Crippen MR) is 171 cm³/mol. The Morgan fingerprint density at radius 1 is 0.370 bits per heavy atom. The second-order valence-corrected chi connectivity index (χ2v) is 9.99. The molecule has 230 valence electrons. The van der Waals surface area contributed by atoms with E-state index in [4.69, 9.17) is 9.47 Å². The normalized spacial score (nSPS) is 10.3. The second kappa shape index (κ2) is 15.3. The molecular formula is C36H30N4O6. The lowest BCUT2D eigenvalue weighted by molar-refractivity contribution is 0.0844. The minimum atomic E-state index is -0.576. The van der Waals surface area contributed by atoms with Gasteiger partial charge in [0.1, 0.15) is 24.7 Å². The van der Waals surface area contributed by atoms with Crippen LogP contribution in [0.5, 0.6) is 11.5 Å². The Kier molecular flexibility index (Phi) is 10.4. The van der Waals surface area contributed by atoms with Crippen molar-refractivity contribution in [1.82, 2.24) is 21.7 Å². The zero-order chi connectivity index (χ0) is 32.1. The number of hydrazine groups is 2. The van der Waals surface area contributed by atoms with E-state index in [1.807, 2.05) is 60.7 Å². The Balaban J connectivity index is 1.03. The van der Waals surface area contributed by atoms with Gasteiger partial charge < -0.3 is 9.47 Å². The Labute approximate surface area is 265 Å².